The van der Waals surface area contributed by atoms with E-state index in [1.807, 2.05) is 27.7 Å². The van der Waals surface area contributed by atoms with Crippen LogP contribution in [0.1, 0.15) is 43.6 Å². The van der Waals surface area contributed by atoms with Gasteiger partial charge in [0.1, 0.15) is 0 Å². The highest BCUT2D eigenvalue weighted by Gasteiger charge is 2.23. The van der Waals surface area contributed by atoms with Crippen molar-refractivity contribution in [2.24, 2.45) is 0 Å². The van der Waals surface area contributed by atoms with Crippen molar-refractivity contribution in [3.8, 4) is 0 Å². The van der Waals surface area contributed by atoms with Gasteiger partial charge in [0.25, 0.3) is 11.6 Å². The number of ether oxygens (including phenoxy) is 1. The number of carbonyl (C=O) groups excluding carboxylic acids is 2. The summed E-state index contributed by atoms with van der Waals surface area (Å²) in [4.78, 5) is 36.2. The summed E-state index contributed by atoms with van der Waals surface area (Å²) >= 11 is 0. The Kier molecular flexibility index (Phi) is 6.24. The van der Waals surface area contributed by atoms with Crippen LogP contribution in [0.5, 0.6) is 0 Å². The van der Waals surface area contributed by atoms with E-state index in [9.17, 15) is 19.7 Å². The number of nitro benzene ring substituents is 1. The molecule has 1 aromatic carbocycles. The van der Waals surface area contributed by atoms with E-state index in [0.29, 0.717) is 0 Å². The molecule has 0 aliphatic carbocycles. The second-order valence-corrected chi connectivity index (χ2v) is 5.77. The summed E-state index contributed by atoms with van der Waals surface area (Å²) in [7, 11) is 0. The molecule has 0 unspecified atom stereocenters. The van der Waals surface area contributed by atoms with E-state index < -0.39 is 17.5 Å². The first-order valence-electron chi connectivity index (χ1n) is 7.39. The molecular formula is C16H22N2O5. The molecule has 1 amide bonds. The molecule has 1 rings (SSSR count). The average molecular weight is 322 g/mol. The minimum atomic E-state index is -0.744. The van der Waals surface area contributed by atoms with Crippen LogP contribution in [0, 0.1) is 17.0 Å². The Labute approximate surface area is 135 Å². The van der Waals surface area contributed by atoms with Crippen LogP contribution in [0.2, 0.25) is 0 Å². The second kappa shape index (κ2) is 7.71. The van der Waals surface area contributed by atoms with Gasteiger partial charge < -0.3 is 9.64 Å². The summed E-state index contributed by atoms with van der Waals surface area (Å²) < 4.78 is 5.03. The maximum Gasteiger partial charge on any atom is 0.339 e. The third-order valence-electron chi connectivity index (χ3n) is 3.45. The van der Waals surface area contributed by atoms with Crippen LogP contribution in [0.3, 0.4) is 0 Å². The van der Waals surface area contributed by atoms with Gasteiger partial charge in [0, 0.05) is 23.7 Å². The van der Waals surface area contributed by atoms with Crippen LogP contribution in [0.4, 0.5) is 5.69 Å². The molecule has 0 N–H and O–H groups in total. The SMILES string of the molecule is Cc1c(C(=O)OCC(=O)N(C(C)C)C(C)C)cccc1[N+](=O)[O-]. The summed E-state index contributed by atoms with van der Waals surface area (Å²) in [6, 6.07) is 4.15. The monoisotopic (exact) mass is 322 g/mol. The van der Waals surface area contributed by atoms with E-state index >= 15 is 0 Å². The summed E-state index contributed by atoms with van der Waals surface area (Å²) in [6.07, 6.45) is 0. The fourth-order valence-corrected chi connectivity index (χ4v) is 2.49. The molecule has 7 nitrogen and oxygen atoms in total. The normalized spacial score (nSPS) is 10.7. The maximum absolute atomic E-state index is 12.2. The van der Waals surface area contributed by atoms with Crippen LogP contribution in [0.25, 0.3) is 0 Å². The number of hydrogen-bond acceptors (Lipinski definition) is 5. The fourth-order valence-electron chi connectivity index (χ4n) is 2.49. The highest BCUT2D eigenvalue weighted by molar-refractivity contribution is 5.93. The Hall–Kier alpha value is -2.44. The number of nitrogens with zero attached hydrogens (tertiary/aromatic N) is 2. The molecule has 0 bridgehead atoms. The van der Waals surface area contributed by atoms with Gasteiger partial charge in [0.05, 0.1) is 10.5 Å². The predicted octanol–water partition coefficient (Wildman–Crippen LogP) is 2.71. The van der Waals surface area contributed by atoms with Crippen LogP contribution in [-0.2, 0) is 9.53 Å². The topological polar surface area (TPSA) is 89.8 Å². The average Bonchev–Trinajstić information content (AvgIpc) is 2.43. The molecule has 0 heterocycles. The number of amides is 1. The first-order chi connectivity index (χ1) is 10.7. The second-order valence-electron chi connectivity index (χ2n) is 5.77. The molecule has 0 saturated carbocycles. The van der Waals surface area contributed by atoms with Gasteiger partial charge in [0.2, 0.25) is 0 Å². The van der Waals surface area contributed by atoms with Crippen molar-refractivity contribution in [3.05, 3.63) is 39.4 Å². The summed E-state index contributed by atoms with van der Waals surface area (Å²) in [5.74, 6) is -1.04. The van der Waals surface area contributed by atoms with Crippen molar-refractivity contribution in [3.63, 3.8) is 0 Å². The molecule has 0 radical (unpaired) electrons. The smallest absolute Gasteiger partial charge is 0.339 e. The Morgan fingerprint density at radius 3 is 2.26 bits per heavy atom. The van der Waals surface area contributed by atoms with E-state index in [-0.39, 0.29) is 34.8 Å². The summed E-state index contributed by atoms with van der Waals surface area (Å²) in [6.45, 7) is 8.60. The Bertz CT molecular complexity index is 602. The standard InChI is InChI=1S/C16H22N2O5/c1-10(2)17(11(3)4)15(19)9-23-16(20)13-7-6-8-14(12(13)5)18(21)22/h6-8,10-11H,9H2,1-5H3. The molecular weight excluding hydrogens is 300 g/mol. The Balaban J connectivity index is 2.84. The van der Waals surface area contributed by atoms with E-state index in [4.69, 9.17) is 4.74 Å². The number of benzene rings is 1. The quantitative estimate of drug-likeness (QED) is 0.456. The van der Waals surface area contributed by atoms with Gasteiger partial charge in [-0.25, -0.2) is 4.79 Å². The van der Waals surface area contributed by atoms with Crippen molar-refractivity contribution >= 4 is 17.6 Å². The maximum atomic E-state index is 12.2. The van der Waals surface area contributed by atoms with E-state index in [1.54, 1.807) is 4.90 Å². The Morgan fingerprint density at radius 1 is 1.22 bits per heavy atom. The van der Waals surface area contributed by atoms with E-state index in [1.165, 1.54) is 25.1 Å². The summed E-state index contributed by atoms with van der Waals surface area (Å²) in [5.41, 5.74) is 0.156. The Morgan fingerprint density at radius 2 is 1.78 bits per heavy atom. The highest BCUT2D eigenvalue weighted by atomic mass is 16.6. The molecule has 1 aromatic rings. The van der Waals surface area contributed by atoms with Gasteiger partial charge in [-0.2, -0.15) is 0 Å². The van der Waals surface area contributed by atoms with Crippen LogP contribution < -0.4 is 0 Å². The number of rotatable bonds is 6. The molecule has 0 aliphatic heterocycles. The number of carbonyl (C=O) groups is 2. The molecule has 0 aliphatic rings. The van der Waals surface area contributed by atoms with Crippen molar-refractivity contribution in [2.75, 3.05) is 6.61 Å². The first kappa shape index (κ1) is 18.6. The lowest BCUT2D eigenvalue weighted by atomic mass is 10.1. The first-order valence-corrected chi connectivity index (χ1v) is 7.39. The molecule has 0 saturated heterocycles. The van der Waals surface area contributed by atoms with Crippen LogP contribution in [0.15, 0.2) is 18.2 Å². The molecule has 0 atom stereocenters. The van der Waals surface area contributed by atoms with Crippen molar-refractivity contribution < 1.29 is 19.2 Å². The zero-order valence-corrected chi connectivity index (χ0v) is 14.0. The van der Waals surface area contributed by atoms with Crippen LogP contribution >= 0.6 is 0 Å². The minimum Gasteiger partial charge on any atom is -0.452 e. The molecule has 7 heteroatoms. The molecule has 126 valence electrons. The minimum absolute atomic E-state index is 0.0132. The van der Waals surface area contributed by atoms with Gasteiger partial charge in [0.15, 0.2) is 6.61 Å². The lowest BCUT2D eigenvalue weighted by Crippen LogP contribution is -2.44. The zero-order valence-electron chi connectivity index (χ0n) is 14.0. The molecule has 0 fully saturated rings. The number of nitro groups is 1. The largest absolute Gasteiger partial charge is 0.452 e. The van der Waals surface area contributed by atoms with Gasteiger partial charge in [-0.15, -0.1) is 0 Å². The van der Waals surface area contributed by atoms with Crippen molar-refractivity contribution in [2.45, 2.75) is 46.7 Å². The third kappa shape index (κ3) is 4.51. The van der Waals surface area contributed by atoms with E-state index in [2.05, 4.69) is 0 Å². The third-order valence-corrected chi connectivity index (χ3v) is 3.45. The molecule has 0 spiro atoms. The van der Waals surface area contributed by atoms with Gasteiger partial charge in [-0.3, -0.25) is 14.9 Å². The van der Waals surface area contributed by atoms with Crippen LogP contribution in [-0.4, -0.2) is 40.4 Å². The molecule has 0 aromatic heterocycles. The lowest BCUT2D eigenvalue weighted by molar-refractivity contribution is -0.385. The zero-order chi connectivity index (χ0) is 17.7. The van der Waals surface area contributed by atoms with Gasteiger partial charge >= 0.3 is 5.97 Å². The van der Waals surface area contributed by atoms with E-state index in [0.717, 1.165) is 0 Å². The van der Waals surface area contributed by atoms with Gasteiger partial charge in [-0.05, 0) is 40.7 Å². The predicted molar refractivity (Wildman–Crippen MR) is 85.2 cm³/mol. The number of hydrogen-bond donors (Lipinski definition) is 0. The van der Waals surface area contributed by atoms with Gasteiger partial charge in [-0.1, -0.05) is 6.07 Å². The number of esters is 1. The van der Waals surface area contributed by atoms with Crippen molar-refractivity contribution in [1.82, 2.24) is 4.90 Å². The fraction of sp³-hybridized carbons (Fsp3) is 0.500. The molecule has 23 heavy (non-hydrogen) atoms. The summed E-state index contributed by atoms with van der Waals surface area (Å²) in [5, 5.41) is 10.9. The lowest BCUT2D eigenvalue weighted by Gasteiger charge is -2.30. The van der Waals surface area contributed by atoms with Crippen molar-refractivity contribution in [1.29, 1.82) is 0 Å². The highest BCUT2D eigenvalue weighted by Crippen LogP contribution is 2.21.